The van der Waals surface area contributed by atoms with Crippen LogP contribution in [0.4, 0.5) is 0 Å². The molecule has 0 saturated carbocycles. The normalized spacial score (nSPS) is 10.6. The Hall–Kier alpha value is -1.55. The predicted molar refractivity (Wildman–Crippen MR) is 77.4 cm³/mol. The van der Waals surface area contributed by atoms with E-state index in [2.05, 4.69) is 13.8 Å². The first kappa shape index (κ1) is 15.5. The zero-order chi connectivity index (χ0) is 14.3. The molecule has 1 aromatic rings. The number of nitrogens with zero attached hydrogens (tertiary/aromatic N) is 1. The molecule has 1 amide bonds. The summed E-state index contributed by atoms with van der Waals surface area (Å²) < 4.78 is 5.10. The van der Waals surface area contributed by atoms with Crippen LogP contribution in [0, 0.1) is 5.92 Å². The number of benzene rings is 1. The molecule has 0 fully saturated rings. The lowest BCUT2D eigenvalue weighted by molar-refractivity contribution is 0.0735. The quantitative estimate of drug-likeness (QED) is 0.821. The van der Waals surface area contributed by atoms with Gasteiger partial charge in [-0.15, -0.1) is 0 Å². The second-order valence-corrected chi connectivity index (χ2v) is 5.02. The topological polar surface area (TPSA) is 55.6 Å². The van der Waals surface area contributed by atoms with Crippen LogP contribution in [0.25, 0.3) is 0 Å². The van der Waals surface area contributed by atoms with Crippen molar-refractivity contribution in [2.24, 2.45) is 11.7 Å². The minimum atomic E-state index is 0.0600. The number of ether oxygens (including phenoxy) is 1. The third kappa shape index (κ3) is 4.91. The molecule has 0 aromatic heterocycles. The molecule has 0 bridgehead atoms. The van der Waals surface area contributed by atoms with Gasteiger partial charge in [-0.2, -0.15) is 0 Å². The fourth-order valence-corrected chi connectivity index (χ4v) is 1.91. The molecule has 1 aromatic carbocycles. The second-order valence-electron chi connectivity index (χ2n) is 5.02. The maximum absolute atomic E-state index is 12.4. The number of hydrogen-bond donors (Lipinski definition) is 1. The van der Waals surface area contributed by atoms with Crippen molar-refractivity contribution in [3.63, 3.8) is 0 Å². The maximum atomic E-state index is 12.4. The van der Waals surface area contributed by atoms with E-state index in [0.717, 1.165) is 18.7 Å². The van der Waals surface area contributed by atoms with Crippen molar-refractivity contribution in [2.45, 2.75) is 20.3 Å². The van der Waals surface area contributed by atoms with Gasteiger partial charge in [0.2, 0.25) is 0 Å². The van der Waals surface area contributed by atoms with Gasteiger partial charge >= 0.3 is 0 Å². The third-order valence-electron chi connectivity index (χ3n) is 2.84. The summed E-state index contributed by atoms with van der Waals surface area (Å²) in [6.45, 7) is 6.28. The molecule has 0 aliphatic rings. The zero-order valence-electron chi connectivity index (χ0n) is 12.1. The van der Waals surface area contributed by atoms with E-state index in [0.29, 0.717) is 24.6 Å². The number of amides is 1. The first-order valence-electron chi connectivity index (χ1n) is 6.72. The molecular formula is C15H24N2O2. The molecule has 0 aliphatic carbocycles. The van der Waals surface area contributed by atoms with Crippen molar-refractivity contribution in [3.05, 3.63) is 29.8 Å². The molecule has 0 unspecified atom stereocenters. The van der Waals surface area contributed by atoms with Crippen LogP contribution >= 0.6 is 0 Å². The van der Waals surface area contributed by atoms with E-state index < -0.39 is 0 Å². The molecule has 0 aliphatic heterocycles. The molecule has 4 heteroatoms. The van der Waals surface area contributed by atoms with Gasteiger partial charge in [-0.1, -0.05) is 13.8 Å². The zero-order valence-corrected chi connectivity index (χ0v) is 12.1. The standard InChI is InChI=1S/C15H24N2O2/c1-12(2)11-17(10-4-9-16)15(18)13-5-7-14(19-3)8-6-13/h5-8,12H,4,9-11,16H2,1-3H3. The van der Waals surface area contributed by atoms with Gasteiger partial charge in [0.05, 0.1) is 7.11 Å². The Balaban J connectivity index is 2.78. The van der Waals surface area contributed by atoms with Crippen molar-refractivity contribution in [1.29, 1.82) is 0 Å². The Bertz CT molecular complexity index is 388. The number of nitrogens with two attached hydrogens (primary N) is 1. The van der Waals surface area contributed by atoms with E-state index >= 15 is 0 Å². The molecule has 106 valence electrons. The molecule has 4 nitrogen and oxygen atoms in total. The number of rotatable bonds is 7. The van der Waals surface area contributed by atoms with Crippen LogP contribution in [0.5, 0.6) is 5.75 Å². The monoisotopic (exact) mass is 264 g/mol. The lowest BCUT2D eigenvalue weighted by Gasteiger charge is -2.24. The second kappa shape index (κ2) is 7.79. The van der Waals surface area contributed by atoms with Crippen molar-refractivity contribution < 1.29 is 9.53 Å². The fourth-order valence-electron chi connectivity index (χ4n) is 1.91. The van der Waals surface area contributed by atoms with Crippen LogP contribution in [0.2, 0.25) is 0 Å². The Morgan fingerprint density at radius 3 is 2.42 bits per heavy atom. The van der Waals surface area contributed by atoms with Crippen molar-refractivity contribution in [1.82, 2.24) is 4.90 Å². The van der Waals surface area contributed by atoms with Crippen LogP contribution in [-0.2, 0) is 0 Å². The van der Waals surface area contributed by atoms with Crippen molar-refractivity contribution in [3.8, 4) is 5.75 Å². The number of hydrogen-bond acceptors (Lipinski definition) is 3. The Labute approximate surface area is 115 Å². The highest BCUT2D eigenvalue weighted by Crippen LogP contribution is 2.14. The number of methoxy groups -OCH3 is 1. The number of carbonyl (C=O) groups is 1. The average molecular weight is 264 g/mol. The average Bonchev–Trinajstić information content (AvgIpc) is 2.42. The van der Waals surface area contributed by atoms with Gasteiger partial charge in [0.25, 0.3) is 5.91 Å². The predicted octanol–water partition coefficient (Wildman–Crippen LogP) is 2.14. The van der Waals surface area contributed by atoms with E-state index in [1.165, 1.54) is 0 Å². The van der Waals surface area contributed by atoms with E-state index in [-0.39, 0.29) is 5.91 Å². The summed E-state index contributed by atoms with van der Waals surface area (Å²) >= 11 is 0. The maximum Gasteiger partial charge on any atom is 0.253 e. The SMILES string of the molecule is COc1ccc(C(=O)N(CCCN)CC(C)C)cc1. The summed E-state index contributed by atoms with van der Waals surface area (Å²) in [4.78, 5) is 14.3. The Kier molecular flexibility index (Phi) is 6.36. The number of carbonyl (C=O) groups excluding carboxylic acids is 1. The van der Waals surface area contributed by atoms with Crippen LogP contribution in [0.3, 0.4) is 0 Å². The van der Waals surface area contributed by atoms with E-state index in [1.807, 2.05) is 17.0 Å². The van der Waals surface area contributed by atoms with E-state index in [4.69, 9.17) is 10.5 Å². The molecule has 2 N–H and O–H groups in total. The van der Waals surface area contributed by atoms with Gasteiger partial charge in [0.1, 0.15) is 5.75 Å². The summed E-state index contributed by atoms with van der Waals surface area (Å²) in [7, 11) is 1.61. The van der Waals surface area contributed by atoms with Gasteiger partial charge in [-0.25, -0.2) is 0 Å². The van der Waals surface area contributed by atoms with Crippen LogP contribution in [0.1, 0.15) is 30.6 Å². The van der Waals surface area contributed by atoms with Gasteiger partial charge in [-0.3, -0.25) is 4.79 Å². The van der Waals surface area contributed by atoms with Crippen molar-refractivity contribution in [2.75, 3.05) is 26.7 Å². The summed E-state index contributed by atoms with van der Waals surface area (Å²) in [5.74, 6) is 1.26. The smallest absolute Gasteiger partial charge is 0.253 e. The minimum absolute atomic E-state index is 0.0600. The Morgan fingerprint density at radius 1 is 1.32 bits per heavy atom. The summed E-state index contributed by atoms with van der Waals surface area (Å²) in [6, 6.07) is 7.22. The first-order valence-corrected chi connectivity index (χ1v) is 6.72. The van der Waals surface area contributed by atoms with Gasteiger partial charge in [-0.05, 0) is 43.1 Å². The molecule has 0 heterocycles. The first-order chi connectivity index (χ1) is 9.08. The van der Waals surface area contributed by atoms with Gasteiger partial charge in [0, 0.05) is 18.7 Å². The summed E-state index contributed by atoms with van der Waals surface area (Å²) in [5.41, 5.74) is 6.22. The largest absolute Gasteiger partial charge is 0.497 e. The highest BCUT2D eigenvalue weighted by Gasteiger charge is 2.16. The summed E-state index contributed by atoms with van der Waals surface area (Å²) in [6.07, 6.45) is 0.828. The van der Waals surface area contributed by atoms with Crippen molar-refractivity contribution >= 4 is 5.91 Å². The molecule has 0 radical (unpaired) electrons. The van der Waals surface area contributed by atoms with E-state index in [9.17, 15) is 4.79 Å². The lowest BCUT2D eigenvalue weighted by atomic mass is 10.1. The highest BCUT2D eigenvalue weighted by atomic mass is 16.5. The molecule has 0 spiro atoms. The van der Waals surface area contributed by atoms with Gasteiger partial charge < -0.3 is 15.4 Å². The molecule has 0 atom stereocenters. The van der Waals surface area contributed by atoms with Crippen LogP contribution < -0.4 is 10.5 Å². The van der Waals surface area contributed by atoms with Crippen LogP contribution in [0.15, 0.2) is 24.3 Å². The minimum Gasteiger partial charge on any atom is -0.497 e. The summed E-state index contributed by atoms with van der Waals surface area (Å²) in [5, 5.41) is 0. The Morgan fingerprint density at radius 2 is 1.95 bits per heavy atom. The lowest BCUT2D eigenvalue weighted by Crippen LogP contribution is -2.35. The molecular weight excluding hydrogens is 240 g/mol. The molecule has 0 saturated heterocycles. The molecule has 19 heavy (non-hydrogen) atoms. The van der Waals surface area contributed by atoms with Crippen LogP contribution in [-0.4, -0.2) is 37.6 Å². The van der Waals surface area contributed by atoms with E-state index in [1.54, 1.807) is 19.2 Å². The molecule has 1 rings (SSSR count). The highest BCUT2D eigenvalue weighted by molar-refractivity contribution is 5.94. The third-order valence-corrected chi connectivity index (χ3v) is 2.84. The van der Waals surface area contributed by atoms with Gasteiger partial charge in [0.15, 0.2) is 0 Å². The fraction of sp³-hybridized carbons (Fsp3) is 0.533.